The summed E-state index contributed by atoms with van der Waals surface area (Å²) in [5.74, 6) is -1.09. The van der Waals surface area contributed by atoms with Gasteiger partial charge in [0, 0.05) is 12.5 Å². The fraction of sp³-hybridized carbons (Fsp3) is 0.385. The molecular weight excluding hydrogens is 280 g/mol. The number of ether oxygens (including phenoxy) is 2. The Morgan fingerprint density at radius 2 is 1.95 bits per heavy atom. The van der Waals surface area contributed by atoms with Crippen molar-refractivity contribution in [3.05, 3.63) is 34.4 Å². The number of rotatable bonds is 7. The Labute approximate surface area is 121 Å². The lowest BCUT2D eigenvalue weighted by Crippen LogP contribution is -2.31. The number of esters is 2. The fourth-order valence-electron chi connectivity index (χ4n) is 1.70. The van der Waals surface area contributed by atoms with Crippen molar-refractivity contribution in [1.82, 2.24) is 0 Å². The molecule has 0 saturated heterocycles. The van der Waals surface area contributed by atoms with Crippen LogP contribution >= 0.6 is 0 Å². The average molecular weight is 296 g/mol. The summed E-state index contributed by atoms with van der Waals surface area (Å²) < 4.78 is 9.13. The molecule has 0 saturated carbocycles. The molecule has 21 heavy (non-hydrogen) atoms. The second kappa shape index (κ2) is 7.83. The van der Waals surface area contributed by atoms with Crippen molar-refractivity contribution in [2.45, 2.75) is 18.9 Å². The third-order valence-corrected chi connectivity index (χ3v) is 2.78. The number of carbonyl (C=O) groups excluding carboxylic acids is 2. The van der Waals surface area contributed by atoms with Crippen LogP contribution in [0.5, 0.6) is 0 Å². The van der Waals surface area contributed by atoms with E-state index in [1.54, 1.807) is 6.07 Å². The molecule has 0 radical (unpaired) electrons. The minimum absolute atomic E-state index is 0.0100. The van der Waals surface area contributed by atoms with E-state index in [9.17, 15) is 19.7 Å². The average Bonchev–Trinajstić information content (AvgIpc) is 2.50. The molecule has 0 amide bonds. The predicted molar refractivity (Wildman–Crippen MR) is 73.8 cm³/mol. The quantitative estimate of drug-likeness (QED) is 0.461. The lowest BCUT2D eigenvalue weighted by atomic mass is 10.1. The van der Waals surface area contributed by atoms with Crippen molar-refractivity contribution >= 4 is 23.3 Å². The van der Waals surface area contributed by atoms with Gasteiger partial charge < -0.3 is 14.8 Å². The number of carbonyl (C=O) groups is 2. The summed E-state index contributed by atoms with van der Waals surface area (Å²) in [5.41, 5.74) is 0.0206. The Bertz CT molecular complexity index is 531. The summed E-state index contributed by atoms with van der Waals surface area (Å²) in [6.45, 7) is 0. The van der Waals surface area contributed by atoms with Gasteiger partial charge >= 0.3 is 11.9 Å². The lowest BCUT2D eigenvalue weighted by molar-refractivity contribution is -0.384. The van der Waals surface area contributed by atoms with E-state index >= 15 is 0 Å². The molecule has 1 rings (SSSR count). The van der Waals surface area contributed by atoms with Crippen LogP contribution in [0.4, 0.5) is 11.4 Å². The first-order chi connectivity index (χ1) is 9.99. The Morgan fingerprint density at radius 1 is 1.29 bits per heavy atom. The highest BCUT2D eigenvalue weighted by Crippen LogP contribution is 2.24. The number of nitrogens with one attached hydrogen (secondary N) is 1. The molecule has 1 atom stereocenters. The Kier molecular flexibility index (Phi) is 6.12. The van der Waals surface area contributed by atoms with Crippen LogP contribution in [0.15, 0.2) is 24.3 Å². The van der Waals surface area contributed by atoms with Gasteiger partial charge in [-0.05, 0) is 12.5 Å². The van der Waals surface area contributed by atoms with Gasteiger partial charge in [0.05, 0.1) is 19.1 Å². The highest BCUT2D eigenvalue weighted by molar-refractivity contribution is 5.81. The van der Waals surface area contributed by atoms with Crippen LogP contribution in [0.25, 0.3) is 0 Å². The third kappa shape index (κ3) is 4.75. The Hall–Kier alpha value is -2.64. The molecule has 1 unspecified atom stereocenters. The van der Waals surface area contributed by atoms with Crippen LogP contribution in [0.2, 0.25) is 0 Å². The number of nitro groups is 1. The molecule has 0 heterocycles. The zero-order chi connectivity index (χ0) is 15.8. The summed E-state index contributed by atoms with van der Waals surface area (Å²) >= 11 is 0. The SMILES string of the molecule is COC(=O)CCC(Nc1ccccc1[N+](=O)[O-])C(=O)OC. The van der Waals surface area contributed by atoms with Crippen molar-refractivity contribution in [1.29, 1.82) is 0 Å². The molecule has 0 aliphatic heterocycles. The van der Waals surface area contributed by atoms with Crippen molar-refractivity contribution in [2.24, 2.45) is 0 Å². The minimum atomic E-state index is -0.879. The van der Waals surface area contributed by atoms with Gasteiger partial charge in [0.15, 0.2) is 0 Å². The number of methoxy groups -OCH3 is 2. The number of para-hydroxylation sites is 2. The van der Waals surface area contributed by atoms with E-state index in [-0.39, 0.29) is 24.2 Å². The van der Waals surface area contributed by atoms with E-state index in [1.165, 1.54) is 32.4 Å². The molecule has 1 aromatic rings. The standard InChI is InChI=1S/C13H16N2O6/c1-20-12(16)8-7-10(13(17)21-2)14-9-5-3-4-6-11(9)15(18)19/h3-6,10,14H,7-8H2,1-2H3. The highest BCUT2D eigenvalue weighted by atomic mass is 16.6. The lowest BCUT2D eigenvalue weighted by Gasteiger charge is -2.17. The molecule has 0 aliphatic carbocycles. The van der Waals surface area contributed by atoms with Crippen molar-refractivity contribution in [3.63, 3.8) is 0 Å². The molecule has 1 N–H and O–H groups in total. The minimum Gasteiger partial charge on any atom is -0.469 e. The number of benzene rings is 1. The first kappa shape index (κ1) is 16.4. The van der Waals surface area contributed by atoms with Crippen LogP contribution in [-0.2, 0) is 19.1 Å². The first-order valence-electron chi connectivity index (χ1n) is 6.14. The van der Waals surface area contributed by atoms with E-state index < -0.39 is 22.9 Å². The van der Waals surface area contributed by atoms with Crippen molar-refractivity contribution < 1.29 is 24.0 Å². The summed E-state index contributed by atoms with van der Waals surface area (Å²) in [6.07, 6.45) is 0.0926. The second-order valence-electron chi connectivity index (χ2n) is 4.11. The van der Waals surface area contributed by atoms with E-state index in [0.717, 1.165) is 0 Å². The summed E-state index contributed by atoms with van der Waals surface area (Å²) in [5, 5.41) is 13.7. The summed E-state index contributed by atoms with van der Waals surface area (Å²) in [7, 11) is 2.44. The molecule has 0 fully saturated rings. The molecule has 1 aromatic carbocycles. The largest absolute Gasteiger partial charge is 0.469 e. The third-order valence-electron chi connectivity index (χ3n) is 2.78. The van der Waals surface area contributed by atoms with Crippen LogP contribution < -0.4 is 5.32 Å². The molecule has 0 aromatic heterocycles. The second-order valence-corrected chi connectivity index (χ2v) is 4.11. The van der Waals surface area contributed by atoms with Crippen molar-refractivity contribution in [3.8, 4) is 0 Å². The molecule has 0 bridgehead atoms. The summed E-state index contributed by atoms with van der Waals surface area (Å²) in [6, 6.07) is 5.04. The number of hydrogen-bond acceptors (Lipinski definition) is 7. The predicted octanol–water partition coefficient (Wildman–Crippen LogP) is 1.50. The van der Waals surface area contributed by atoms with Crippen LogP contribution in [0.1, 0.15) is 12.8 Å². The zero-order valence-electron chi connectivity index (χ0n) is 11.7. The highest BCUT2D eigenvalue weighted by Gasteiger charge is 2.23. The molecular formula is C13H16N2O6. The zero-order valence-corrected chi connectivity index (χ0v) is 11.7. The number of nitro benzene ring substituents is 1. The molecule has 0 spiro atoms. The van der Waals surface area contributed by atoms with Gasteiger partial charge in [-0.3, -0.25) is 14.9 Å². The van der Waals surface area contributed by atoms with Crippen LogP contribution in [0, 0.1) is 10.1 Å². The maximum atomic E-state index is 11.7. The Morgan fingerprint density at radius 3 is 2.52 bits per heavy atom. The van der Waals surface area contributed by atoms with E-state index in [0.29, 0.717) is 0 Å². The molecule has 0 aliphatic rings. The van der Waals surface area contributed by atoms with Gasteiger partial charge in [0.25, 0.3) is 5.69 Å². The van der Waals surface area contributed by atoms with E-state index in [4.69, 9.17) is 0 Å². The van der Waals surface area contributed by atoms with Crippen LogP contribution in [-0.4, -0.2) is 37.1 Å². The van der Waals surface area contributed by atoms with Gasteiger partial charge in [-0.25, -0.2) is 4.79 Å². The molecule has 114 valence electrons. The van der Waals surface area contributed by atoms with Gasteiger partial charge in [0.2, 0.25) is 0 Å². The Balaban J connectivity index is 2.88. The monoisotopic (exact) mass is 296 g/mol. The maximum Gasteiger partial charge on any atom is 0.328 e. The van der Waals surface area contributed by atoms with Crippen LogP contribution in [0.3, 0.4) is 0 Å². The topological polar surface area (TPSA) is 108 Å². The van der Waals surface area contributed by atoms with Crippen molar-refractivity contribution in [2.75, 3.05) is 19.5 Å². The van der Waals surface area contributed by atoms with E-state index in [1.807, 2.05) is 0 Å². The number of hydrogen-bond donors (Lipinski definition) is 1. The summed E-state index contributed by atoms with van der Waals surface area (Å²) in [4.78, 5) is 33.2. The normalized spacial score (nSPS) is 11.3. The first-order valence-corrected chi connectivity index (χ1v) is 6.14. The number of nitrogens with zero attached hydrogens (tertiary/aromatic N) is 1. The molecule has 8 nitrogen and oxygen atoms in total. The van der Waals surface area contributed by atoms with Gasteiger partial charge in [0.1, 0.15) is 11.7 Å². The van der Waals surface area contributed by atoms with Gasteiger partial charge in [-0.2, -0.15) is 0 Å². The molecule has 8 heteroatoms. The van der Waals surface area contributed by atoms with Gasteiger partial charge in [-0.1, -0.05) is 12.1 Å². The van der Waals surface area contributed by atoms with E-state index in [2.05, 4.69) is 14.8 Å². The maximum absolute atomic E-state index is 11.7. The number of anilines is 1. The van der Waals surface area contributed by atoms with Gasteiger partial charge in [-0.15, -0.1) is 0 Å². The fourth-order valence-corrected chi connectivity index (χ4v) is 1.70. The smallest absolute Gasteiger partial charge is 0.328 e.